The molecule has 0 saturated heterocycles. The first-order chi connectivity index (χ1) is 7.20. The Balaban J connectivity index is 2.41. The van der Waals surface area contributed by atoms with Crippen LogP contribution in [0.3, 0.4) is 0 Å². The molecule has 0 aliphatic rings. The normalized spacial score (nSPS) is 10.6. The highest BCUT2D eigenvalue weighted by molar-refractivity contribution is 5.59. The van der Waals surface area contributed by atoms with E-state index in [4.69, 9.17) is 9.52 Å². The second kappa shape index (κ2) is 3.91. The molecular formula is C13H14O2. The fourth-order valence-electron chi connectivity index (χ4n) is 1.54. The smallest absolute Gasteiger partial charge is 0.134 e. The lowest BCUT2D eigenvalue weighted by Gasteiger charge is -1.96. The van der Waals surface area contributed by atoms with Crippen LogP contribution in [0.4, 0.5) is 0 Å². The van der Waals surface area contributed by atoms with Crippen LogP contribution in [0, 0.1) is 13.8 Å². The minimum absolute atomic E-state index is 0.0290. The first-order valence-electron chi connectivity index (χ1n) is 4.98. The summed E-state index contributed by atoms with van der Waals surface area (Å²) in [6.07, 6.45) is 0. The van der Waals surface area contributed by atoms with Crippen LogP contribution in [0.25, 0.3) is 11.3 Å². The zero-order valence-corrected chi connectivity index (χ0v) is 8.95. The van der Waals surface area contributed by atoms with E-state index in [1.807, 2.05) is 37.3 Å². The van der Waals surface area contributed by atoms with Crippen molar-refractivity contribution in [2.24, 2.45) is 0 Å². The van der Waals surface area contributed by atoms with Gasteiger partial charge < -0.3 is 9.52 Å². The Labute approximate surface area is 89.2 Å². The zero-order valence-electron chi connectivity index (χ0n) is 8.95. The van der Waals surface area contributed by atoms with E-state index >= 15 is 0 Å². The highest BCUT2D eigenvalue weighted by Gasteiger charge is 2.07. The first-order valence-corrected chi connectivity index (χ1v) is 4.98. The van der Waals surface area contributed by atoms with Crippen LogP contribution in [0.1, 0.15) is 16.9 Å². The summed E-state index contributed by atoms with van der Waals surface area (Å²) in [5.74, 6) is 1.60. The maximum Gasteiger partial charge on any atom is 0.134 e. The molecule has 0 saturated carbocycles. The van der Waals surface area contributed by atoms with Crippen LogP contribution in [0.5, 0.6) is 0 Å². The van der Waals surface area contributed by atoms with Crippen LogP contribution in [-0.4, -0.2) is 5.11 Å². The molecule has 1 N–H and O–H groups in total. The Bertz CT molecular complexity index is 452. The zero-order chi connectivity index (χ0) is 10.8. The predicted molar refractivity (Wildman–Crippen MR) is 59.5 cm³/mol. The van der Waals surface area contributed by atoms with Gasteiger partial charge in [0.15, 0.2) is 0 Å². The monoisotopic (exact) mass is 202 g/mol. The Morgan fingerprint density at radius 2 is 1.80 bits per heavy atom. The van der Waals surface area contributed by atoms with Gasteiger partial charge in [-0.05, 0) is 19.9 Å². The Kier molecular flexibility index (Phi) is 2.60. The van der Waals surface area contributed by atoms with Gasteiger partial charge in [0.2, 0.25) is 0 Å². The van der Waals surface area contributed by atoms with E-state index < -0.39 is 0 Å². The van der Waals surface area contributed by atoms with E-state index in [2.05, 4.69) is 6.92 Å². The Morgan fingerprint density at radius 1 is 1.13 bits per heavy atom. The summed E-state index contributed by atoms with van der Waals surface area (Å²) in [7, 11) is 0. The Morgan fingerprint density at radius 3 is 2.33 bits per heavy atom. The fraction of sp³-hybridized carbons (Fsp3) is 0.231. The summed E-state index contributed by atoms with van der Waals surface area (Å²) in [5.41, 5.74) is 3.12. The van der Waals surface area contributed by atoms with Gasteiger partial charge in [-0.3, -0.25) is 0 Å². The average molecular weight is 202 g/mol. The van der Waals surface area contributed by atoms with E-state index in [0.29, 0.717) is 0 Å². The molecule has 0 aliphatic carbocycles. The number of hydrogen-bond donors (Lipinski definition) is 1. The predicted octanol–water partition coefficient (Wildman–Crippen LogP) is 3.06. The molecule has 78 valence electrons. The number of furan rings is 1. The molecule has 0 bridgehead atoms. The molecule has 0 amide bonds. The molecule has 0 aliphatic heterocycles. The van der Waals surface area contributed by atoms with E-state index in [1.165, 1.54) is 5.56 Å². The molecule has 0 fully saturated rings. The molecular weight excluding hydrogens is 188 g/mol. The van der Waals surface area contributed by atoms with Crippen molar-refractivity contribution < 1.29 is 9.52 Å². The van der Waals surface area contributed by atoms with Crippen molar-refractivity contribution in [3.63, 3.8) is 0 Å². The van der Waals surface area contributed by atoms with Crippen LogP contribution >= 0.6 is 0 Å². The molecule has 1 aromatic carbocycles. The maximum absolute atomic E-state index is 9.06. The van der Waals surface area contributed by atoms with Crippen LogP contribution in [0.2, 0.25) is 0 Å². The standard InChI is InChI=1S/C13H14O2/c1-9-3-5-11(6-4-9)13-7-12(8-14)10(2)15-13/h3-7,14H,8H2,1-2H3. The Hall–Kier alpha value is -1.54. The number of benzene rings is 1. The average Bonchev–Trinajstić information content (AvgIpc) is 2.61. The van der Waals surface area contributed by atoms with Gasteiger partial charge in [-0.2, -0.15) is 0 Å². The minimum atomic E-state index is 0.0290. The number of aryl methyl sites for hydroxylation is 2. The molecule has 0 unspecified atom stereocenters. The number of hydrogen-bond acceptors (Lipinski definition) is 2. The number of aliphatic hydroxyl groups excluding tert-OH is 1. The second-order valence-electron chi connectivity index (χ2n) is 3.72. The van der Waals surface area contributed by atoms with Gasteiger partial charge in [0.1, 0.15) is 11.5 Å². The van der Waals surface area contributed by atoms with Crippen LogP contribution in [0.15, 0.2) is 34.7 Å². The fourth-order valence-corrected chi connectivity index (χ4v) is 1.54. The van der Waals surface area contributed by atoms with Gasteiger partial charge in [0, 0.05) is 11.1 Å². The third-order valence-electron chi connectivity index (χ3n) is 2.53. The summed E-state index contributed by atoms with van der Waals surface area (Å²) >= 11 is 0. The molecule has 0 spiro atoms. The summed E-state index contributed by atoms with van der Waals surface area (Å²) in [6.45, 7) is 3.95. The van der Waals surface area contributed by atoms with Crippen molar-refractivity contribution >= 4 is 0 Å². The van der Waals surface area contributed by atoms with Crippen molar-refractivity contribution in [2.45, 2.75) is 20.5 Å². The van der Waals surface area contributed by atoms with Crippen molar-refractivity contribution in [2.75, 3.05) is 0 Å². The second-order valence-corrected chi connectivity index (χ2v) is 3.72. The topological polar surface area (TPSA) is 33.4 Å². The van der Waals surface area contributed by atoms with Gasteiger partial charge in [0.25, 0.3) is 0 Å². The summed E-state index contributed by atoms with van der Waals surface area (Å²) < 4.78 is 5.57. The number of rotatable bonds is 2. The minimum Gasteiger partial charge on any atom is -0.461 e. The lowest BCUT2D eigenvalue weighted by Crippen LogP contribution is -1.79. The summed E-state index contributed by atoms with van der Waals surface area (Å²) in [5, 5.41) is 9.06. The van der Waals surface area contributed by atoms with Gasteiger partial charge in [-0.25, -0.2) is 0 Å². The van der Waals surface area contributed by atoms with Crippen molar-refractivity contribution in [1.29, 1.82) is 0 Å². The third kappa shape index (κ3) is 1.95. The molecule has 2 rings (SSSR count). The molecule has 0 atom stereocenters. The van der Waals surface area contributed by atoms with Crippen molar-refractivity contribution in [3.05, 3.63) is 47.2 Å². The van der Waals surface area contributed by atoms with Gasteiger partial charge in [-0.15, -0.1) is 0 Å². The molecule has 0 radical (unpaired) electrons. The summed E-state index contributed by atoms with van der Waals surface area (Å²) in [6, 6.07) is 10.0. The van der Waals surface area contributed by atoms with E-state index in [-0.39, 0.29) is 6.61 Å². The van der Waals surface area contributed by atoms with Gasteiger partial charge in [0.05, 0.1) is 6.61 Å². The highest BCUT2D eigenvalue weighted by Crippen LogP contribution is 2.25. The van der Waals surface area contributed by atoms with Crippen molar-refractivity contribution in [3.8, 4) is 11.3 Å². The van der Waals surface area contributed by atoms with Crippen LogP contribution in [-0.2, 0) is 6.61 Å². The molecule has 1 heterocycles. The molecule has 1 aromatic heterocycles. The molecule has 2 heteroatoms. The van der Waals surface area contributed by atoms with E-state index in [1.54, 1.807) is 0 Å². The first kappa shape index (κ1) is 9.99. The quantitative estimate of drug-likeness (QED) is 0.811. The summed E-state index contributed by atoms with van der Waals surface area (Å²) in [4.78, 5) is 0. The lowest BCUT2D eigenvalue weighted by molar-refractivity contribution is 0.279. The van der Waals surface area contributed by atoms with Crippen molar-refractivity contribution in [1.82, 2.24) is 0 Å². The number of aliphatic hydroxyl groups is 1. The molecule has 2 aromatic rings. The van der Waals surface area contributed by atoms with E-state index in [9.17, 15) is 0 Å². The third-order valence-corrected chi connectivity index (χ3v) is 2.53. The lowest BCUT2D eigenvalue weighted by atomic mass is 10.1. The molecule has 15 heavy (non-hydrogen) atoms. The molecule has 2 nitrogen and oxygen atoms in total. The van der Waals surface area contributed by atoms with Gasteiger partial charge in [-0.1, -0.05) is 29.8 Å². The van der Waals surface area contributed by atoms with Crippen LogP contribution < -0.4 is 0 Å². The highest BCUT2D eigenvalue weighted by atomic mass is 16.3. The SMILES string of the molecule is Cc1ccc(-c2cc(CO)c(C)o2)cc1. The van der Waals surface area contributed by atoms with Gasteiger partial charge >= 0.3 is 0 Å². The largest absolute Gasteiger partial charge is 0.461 e. The maximum atomic E-state index is 9.06. The van der Waals surface area contributed by atoms with E-state index in [0.717, 1.165) is 22.6 Å².